The van der Waals surface area contributed by atoms with Gasteiger partial charge in [-0.2, -0.15) is 0 Å². The van der Waals surface area contributed by atoms with Gasteiger partial charge in [-0.1, -0.05) is 6.07 Å². The number of nitrogens with one attached hydrogen (secondary N) is 2. The van der Waals surface area contributed by atoms with E-state index in [0.29, 0.717) is 61.7 Å². The van der Waals surface area contributed by atoms with Crippen molar-refractivity contribution in [3.05, 3.63) is 70.4 Å². The molecule has 4 rings (SSSR count). The molecular formula is C29H31N3O9. The highest BCUT2D eigenvalue weighted by Gasteiger charge is 2.22. The zero-order chi connectivity index (χ0) is 29.2. The monoisotopic (exact) mass is 565 g/mol. The standard InChI is InChI=1S/C29H31N3O9/c30-7-9-38-11-13-40-14-12-39-10-8-31-29(37)32-18-1-4-21(24(15-18)28(35)36)27-22-5-2-19(33)16-25(22)41-26-17-20(34)3-6-23(26)27/h1-6,15-17,33H,7-14,30H2,(H,35,36)(H2,31,32,37). The van der Waals surface area contributed by atoms with Crippen LogP contribution in [0.5, 0.6) is 5.75 Å². The van der Waals surface area contributed by atoms with E-state index in [0.717, 1.165) is 0 Å². The normalized spacial score (nSPS) is 11.1. The largest absolute Gasteiger partial charge is 0.508 e. The van der Waals surface area contributed by atoms with E-state index in [9.17, 15) is 24.6 Å². The molecule has 2 aromatic rings. The minimum absolute atomic E-state index is 0.0447. The first kappa shape index (κ1) is 29.5. The Morgan fingerprint density at radius 1 is 0.854 bits per heavy atom. The van der Waals surface area contributed by atoms with Crippen molar-refractivity contribution in [1.82, 2.24) is 5.32 Å². The Kier molecular flexibility index (Phi) is 10.2. The number of aromatic carboxylic acids is 1. The minimum Gasteiger partial charge on any atom is -0.508 e. The molecule has 12 heteroatoms. The molecule has 0 saturated heterocycles. The lowest BCUT2D eigenvalue weighted by atomic mass is 9.90. The van der Waals surface area contributed by atoms with E-state index >= 15 is 0 Å². The number of carboxylic acid groups (broad SMARTS) is 1. The fourth-order valence-electron chi connectivity index (χ4n) is 4.20. The summed E-state index contributed by atoms with van der Waals surface area (Å²) in [6, 6.07) is 12.7. The van der Waals surface area contributed by atoms with Gasteiger partial charge in [0.05, 0.1) is 45.2 Å². The summed E-state index contributed by atoms with van der Waals surface area (Å²) in [5.74, 6) is -1.02. The van der Waals surface area contributed by atoms with Crippen molar-refractivity contribution in [3.63, 3.8) is 0 Å². The fourth-order valence-corrected chi connectivity index (χ4v) is 4.20. The number of anilines is 1. The molecule has 0 bridgehead atoms. The van der Waals surface area contributed by atoms with Crippen LogP contribution in [0.1, 0.15) is 10.4 Å². The molecule has 12 nitrogen and oxygen atoms in total. The Morgan fingerprint density at radius 2 is 1.56 bits per heavy atom. The number of amides is 2. The molecule has 1 heterocycles. The molecule has 0 aromatic heterocycles. The van der Waals surface area contributed by atoms with E-state index in [-0.39, 0.29) is 46.9 Å². The van der Waals surface area contributed by atoms with Gasteiger partial charge in [0.15, 0.2) is 5.43 Å². The molecule has 6 N–H and O–H groups in total. The van der Waals surface area contributed by atoms with Gasteiger partial charge in [-0.15, -0.1) is 0 Å². The number of hydrogen-bond donors (Lipinski definition) is 5. The molecule has 216 valence electrons. The molecule has 0 radical (unpaired) electrons. The van der Waals surface area contributed by atoms with Crippen LogP contribution in [0.25, 0.3) is 33.4 Å². The molecule has 2 aliphatic rings. The molecule has 2 aromatic carbocycles. The van der Waals surface area contributed by atoms with Gasteiger partial charge < -0.3 is 45.2 Å². The van der Waals surface area contributed by atoms with Crippen LogP contribution in [0.4, 0.5) is 10.5 Å². The number of aromatic hydroxyl groups is 1. The topological polar surface area (TPSA) is 183 Å². The molecule has 41 heavy (non-hydrogen) atoms. The second-order valence-corrected chi connectivity index (χ2v) is 8.89. The van der Waals surface area contributed by atoms with Crippen molar-refractivity contribution in [2.24, 2.45) is 5.73 Å². The second kappa shape index (κ2) is 14.2. The van der Waals surface area contributed by atoms with Crippen molar-refractivity contribution in [3.8, 4) is 28.2 Å². The summed E-state index contributed by atoms with van der Waals surface area (Å²) in [5, 5.41) is 25.8. The third-order valence-corrected chi connectivity index (χ3v) is 5.99. The quantitative estimate of drug-likeness (QED) is 0.112. The SMILES string of the molecule is NCCOCCOCCOCCNC(=O)Nc1ccc(-c2c3ccc(=O)cc-3oc3cc(O)ccc23)c(C(=O)O)c1. The summed E-state index contributed by atoms with van der Waals surface area (Å²) in [7, 11) is 0. The number of carbonyl (C=O) groups excluding carboxylic acids is 1. The zero-order valence-corrected chi connectivity index (χ0v) is 22.2. The second-order valence-electron chi connectivity index (χ2n) is 8.89. The van der Waals surface area contributed by atoms with E-state index in [1.54, 1.807) is 24.3 Å². The van der Waals surface area contributed by atoms with Crippen molar-refractivity contribution in [2.75, 3.05) is 58.0 Å². The van der Waals surface area contributed by atoms with E-state index < -0.39 is 12.0 Å². The summed E-state index contributed by atoms with van der Waals surface area (Å²) in [4.78, 5) is 36.7. The van der Waals surface area contributed by atoms with Gasteiger partial charge in [0.25, 0.3) is 0 Å². The molecule has 1 aliphatic carbocycles. The minimum atomic E-state index is -1.22. The number of nitrogens with two attached hydrogens (primary N) is 1. The van der Waals surface area contributed by atoms with E-state index in [2.05, 4.69) is 10.6 Å². The maximum absolute atomic E-state index is 12.4. The molecule has 0 saturated carbocycles. The number of urea groups is 1. The number of carboxylic acids is 1. The highest BCUT2D eigenvalue weighted by atomic mass is 16.5. The Morgan fingerprint density at radius 3 is 2.29 bits per heavy atom. The van der Waals surface area contributed by atoms with E-state index in [1.807, 2.05) is 0 Å². The Labute approximate surface area is 235 Å². The first-order valence-electron chi connectivity index (χ1n) is 12.9. The predicted molar refractivity (Wildman–Crippen MR) is 152 cm³/mol. The number of rotatable bonds is 14. The summed E-state index contributed by atoms with van der Waals surface area (Å²) in [5.41, 5.74) is 6.90. The van der Waals surface area contributed by atoms with Crippen LogP contribution >= 0.6 is 0 Å². The Balaban J connectivity index is 1.43. The Bertz CT molecular complexity index is 1540. The fraction of sp³-hybridized carbons (Fsp3) is 0.276. The van der Waals surface area contributed by atoms with Crippen molar-refractivity contribution in [2.45, 2.75) is 0 Å². The van der Waals surface area contributed by atoms with Gasteiger partial charge in [0.1, 0.15) is 17.1 Å². The van der Waals surface area contributed by atoms with Crippen LogP contribution < -0.4 is 21.8 Å². The smallest absolute Gasteiger partial charge is 0.336 e. The number of phenolic OH excluding ortho intramolecular Hbond substituents is 1. The van der Waals surface area contributed by atoms with Crippen LogP contribution in [-0.2, 0) is 14.2 Å². The first-order valence-corrected chi connectivity index (χ1v) is 12.9. The third kappa shape index (κ3) is 7.80. The van der Waals surface area contributed by atoms with Gasteiger partial charge in [0.2, 0.25) is 0 Å². The lowest BCUT2D eigenvalue weighted by molar-refractivity contribution is 0.0169. The molecule has 0 atom stereocenters. The lowest BCUT2D eigenvalue weighted by Gasteiger charge is -2.17. The van der Waals surface area contributed by atoms with Gasteiger partial charge in [-0.25, -0.2) is 9.59 Å². The number of fused-ring (bicyclic) bond motifs is 2. The molecule has 1 aliphatic heterocycles. The van der Waals surface area contributed by atoms with Gasteiger partial charge in [-0.05, 0) is 42.0 Å². The lowest BCUT2D eigenvalue weighted by Crippen LogP contribution is -2.31. The highest BCUT2D eigenvalue weighted by molar-refractivity contribution is 6.08. The number of ether oxygens (including phenoxy) is 3. The molecule has 0 unspecified atom stereocenters. The Hall–Kier alpha value is -4.49. The van der Waals surface area contributed by atoms with Crippen molar-refractivity contribution >= 4 is 28.7 Å². The number of carbonyl (C=O) groups is 2. The number of hydrogen-bond acceptors (Lipinski definition) is 9. The van der Waals surface area contributed by atoms with E-state index in [4.69, 9.17) is 24.4 Å². The summed E-state index contributed by atoms with van der Waals surface area (Å²) < 4.78 is 21.8. The van der Waals surface area contributed by atoms with Gasteiger partial charge >= 0.3 is 12.0 Å². The van der Waals surface area contributed by atoms with Gasteiger partial charge in [-0.3, -0.25) is 4.79 Å². The van der Waals surface area contributed by atoms with Crippen LogP contribution in [0.3, 0.4) is 0 Å². The van der Waals surface area contributed by atoms with Crippen LogP contribution in [-0.4, -0.2) is 74.9 Å². The maximum atomic E-state index is 12.4. The maximum Gasteiger partial charge on any atom is 0.336 e. The average Bonchev–Trinajstić information content (AvgIpc) is 2.94. The van der Waals surface area contributed by atoms with Crippen LogP contribution in [0, 0.1) is 0 Å². The third-order valence-electron chi connectivity index (χ3n) is 5.99. The summed E-state index contributed by atoms with van der Waals surface area (Å²) in [6.45, 7) is 3.10. The predicted octanol–water partition coefficient (Wildman–Crippen LogP) is 3.10. The highest BCUT2D eigenvalue weighted by Crippen LogP contribution is 2.42. The van der Waals surface area contributed by atoms with Crippen LogP contribution in [0.2, 0.25) is 0 Å². The zero-order valence-electron chi connectivity index (χ0n) is 22.2. The van der Waals surface area contributed by atoms with Crippen LogP contribution in [0.15, 0.2) is 63.8 Å². The van der Waals surface area contributed by atoms with Gasteiger partial charge in [0, 0.05) is 47.4 Å². The summed E-state index contributed by atoms with van der Waals surface area (Å²) in [6.07, 6.45) is 0. The molecular weight excluding hydrogens is 534 g/mol. The molecule has 0 fully saturated rings. The van der Waals surface area contributed by atoms with Crippen molar-refractivity contribution in [1.29, 1.82) is 0 Å². The summed E-state index contributed by atoms with van der Waals surface area (Å²) >= 11 is 0. The number of phenols is 1. The first-order chi connectivity index (χ1) is 19.9. The van der Waals surface area contributed by atoms with Crippen molar-refractivity contribution < 1.29 is 38.4 Å². The van der Waals surface area contributed by atoms with E-state index in [1.165, 1.54) is 30.3 Å². The molecule has 0 spiro atoms. The number of benzene rings is 3. The average molecular weight is 566 g/mol. The molecule has 2 amide bonds.